The molecule has 3 aromatic rings. The van der Waals surface area contributed by atoms with Crippen molar-refractivity contribution in [2.75, 3.05) is 0 Å². The molecule has 0 unspecified atom stereocenters. The van der Waals surface area contributed by atoms with Crippen LogP contribution in [0.25, 0.3) is 22.2 Å². The Kier molecular flexibility index (Phi) is 2.37. The molecule has 3 aromatic heterocycles. The van der Waals surface area contributed by atoms with Crippen LogP contribution >= 0.6 is 0 Å². The number of fused-ring (bicyclic) bond motifs is 1. The lowest BCUT2D eigenvalue weighted by Gasteiger charge is -2.04. The molecule has 0 saturated heterocycles. The van der Waals surface area contributed by atoms with Gasteiger partial charge in [-0.25, -0.2) is 5.10 Å². The molecule has 1 N–H and O–H groups in total. The van der Waals surface area contributed by atoms with E-state index in [1.54, 1.807) is 18.6 Å². The molecule has 18 heavy (non-hydrogen) atoms. The van der Waals surface area contributed by atoms with E-state index in [1.165, 1.54) is 0 Å². The molecule has 0 radical (unpaired) electrons. The van der Waals surface area contributed by atoms with Gasteiger partial charge in [-0.15, -0.1) is 0 Å². The van der Waals surface area contributed by atoms with Gasteiger partial charge in [-0.1, -0.05) is 6.07 Å². The number of pyridine rings is 2. The van der Waals surface area contributed by atoms with Crippen molar-refractivity contribution in [2.24, 2.45) is 0 Å². The van der Waals surface area contributed by atoms with Crippen LogP contribution in [0.5, 0.6) is 0 Å². The smallest absolute Gasteiger partial charge is 0.267 e. The zero-order valence-corrected chi connectivity index (χ0v) is 9.71. The van der Waals surface area contributed by atoms with E-state index in [0.29, 0.717) is 5.39 Å². The maximum Gasteiger partial charge on any atom is 0.273 e. The maximum absolute atomic E-state index is 11.5. The van der Waals surface area contributed by atoms with Crippen molar-refractivity contribution >= 4 is 10.8 Å². The Morgan fingerprint density at radius 1 is 1.22 bits per heavy atom. The third-order valence-corrected chi connectivity index (χ3v) is 2.80. The Balaban J connectivity index is 2.27. The standard InChI is InChI=1S/C13H10N4O/c1-8-3-2-4-14-12(8)11-5-9-6-16-17-13(18)10(9)7-15-11/h2-7H,1H3,(H,17,18). The molecule has 0 fully saturated rings. The molecule has 0 spiro atoms. The molecular weight excluding hydrogens is 228 g/mol. The Labute approximate surface area is 103 Å². The Bertz CT molecular complexity index is 779. The molecule has 5 nitrogen and oxygen atoms in total. The molecular formula is C13H10N4O. The van der Waals surface area contributed by atoms with Gasteiger partial charge < -0.3 is 0 Å². The highest BCUT2D eigenvalue weighted by Crippen LogP contribution is 2.20. The summed E-state index contributed by atoms with van der Waals surface area (Å²) >= 11 is 0. The van der Waals surface area contributed by atoms with Gasteiger partial charge in [0.15, 0.2) is 0 Å². The average Bonchev–Trinajstić information content (AvgIpc) is 2.39. The summed E-state index contributed by atoms with van der Waals surface area (Å²) in [7, 11) is 0. The second-order valence-corrected chi connectivity index (χ2v) is 4.02. The van der Waals surface area contributed by atoms with E-state index in [1.807, 2.05) is 25.1 Å². The van der Waals surface area contributed by atoms with Gasteiger partial charge in [-0.05, 0) is 24.6 Å². The highest BCUT2D eigenvalue weighted by atomic mass is 16.1. The predicted octanol–water partition coefficient (Wildman–Crippen LogP) is 1.69. The van der Waals surface area contributed by atoms with Crippen LogP contribution in [0.1, 0.15) is 5.56 Å². The van der Waals surface area contributed by atoms with Crippen LogP contribution in [0, 0.1) is 6.92 Å². The number of hydrogen-bond acceptors (Lipinski definition) is 4. The molecule has 0 amide bonds. The minimum atomic E-state index is -0.232. The fraction of sp³-hybridized carbons (Fsp3) is 0.0769. The van der Waals surface area contributed by atoms with Gasteiger partial charge in [-0.2, -0.15) is 5.10 Å². The number of H-pyrrole nitrogens is 1. The number of aromatic nitrogens is 4. The van der Waals surface area contributed by atoms with Crippen LogP contribution in [-0.2, 0) is 0 Å². The first-order valence-electron chi connectivity index (χ1n) is 5.51. The van der Waals surface area contributed by atoms with Gasteiger partial charge in [0.05, 0.1) is 23.0 Å². The predicted molar refractivity (Wildman–Crippen MR) is 68.1 cm³/mol. The first kappa shape index (κ1) is 10.6. The fourth-order valence-corrected chi connectivity index (χ4v) is 1.87. The lowest BCUT2D eigenvalue weighted by Crippen LogP contribution is -2.07. The van der Waals surface area contributed by atoms with E-state index in [0.717, 1.165) is 22.3 Å². The van der Waals surface area contributed by atoms with E-state index in [9.17, 15) is 4.79 Å². The molecule has 0 aliphatic heterocycles. The molecule has 0 aromatic carbocycles. The van der Waals surface area contributed by atoms with Gasteiger partial charge in [0, 0.05) is 17.8 Å². The first-order chi connectivity index (χ1) is 8.75. The lowest BCUT2D eigenvalue weighted by molar-refractivity contribution is 1.01. The van der Waals surface area contributed by atoms with Crippen molar-refractivity contribution in [3.05, 3.63) is 52.7 Å². The summed E-state index contributed by atoms with van der Waals surface area (Å²) in [5, 5.41) is 7.46. The number of nitrogens with one attached hydrogen (secondary N) is 1. The molecule has 0 aliphatic carbocycles. The van der Waals surface area contributed by atoms with Gasteiger partial charge in [0.25, 0.3) is 5.56 Å². The highest BCUT2D eigenvalue weighted by Gasteiger charge is 2.06. The summed E-state index contributed by atoms with van der Waals surface area (Å²) in [4.78, 5) is 20.1. The normalized spacial score (nSPS) is 10.7. The summed E-state index contributed by atoms with van der Waals surface area (Å²) in [5.41, 5.74) is 2.37. The molecule has 0 bridgehead atoms. The van der Waals surface area contributed by atoms with Crippen LogP contribution in [0.3, 0.4) is 0 Å². The minimum absolute atomic E-state index is 0.232. The average molecular weight is 238 g/mol. The van der Waals surface area contributed by atoms with Crippen molar-refractivity contribution in [3.63, 3.8) is 0 Å². The summed E-state index contributed by atoms with van der Waals surface area (Å²) < 4.78 is 0. The molecule has 3 heterocycles. The second-order valence-electron chi connectivity index (χ2n) is 4.02. The number of hydrogen-bond donors (Lipinski definition) is 1. The minimum Gasteiger partial charge on any atom is -0.267 e. The third kappa shape index (κ3) is 1.66. The molecule has 0 aliphatic rings. The molecule has 3 rings (SSSR count). The van der Waals surface area contributed by atoms with E-state index in [2.05, 4.69) is 20.2 Å². The van der Waals surface area contributed by atoms with Crippen molar-refractivity contribution in [3.8, 4) is 11.4 Å². The molecule has 5 heteroatoms. The maximum atomic E-state index is 11.5. The fourth-order valence-electron chi connectivity index (χ4n) is 1.87. The Hall–Kier alpha value is -2.56. The van der Waals surface area contributed by atoms with Gasteiger partial charge in [0.1, 0.15) is 0 Å². The van der Waals surface area contributed by atoms with Crippen molar-refractivity contribution < 1.29 is 0 Å². The van der Waals surface area contributed by atoms with Crippen LogP contribution in [0.2, 0.25) is 0 Å². The van der Waals surface area contributed by atoms with Gasteiger partial charge >= 0.3 is 0 Å². The second kappa shape index (κ2) is 4.03. The number of aryl methyl sites for hydroxylation is 1. The third-order valence-electron chi connectivity index (χ3n) is 2.80. The topological polar surface area (TPSA) is 71.5 Å². The SMILES string of the molecule is Cc1cccnc1-c1cc2cn[nH]c(=O)c2cn1. The van der Waals surface area contributed by atoms with Crippen LogP contribution in [0.4, 0.5) is 0 Å². The van der Waals surface area contributed by atoms with Crippen molar-refractivity contribution in [1.82, 2.24) is 20.2 Å². The monoisotopic (exact) mass is 238 g/mol. The highest BCUT2D eigenvalue weighted by molar-refractivity contribution is 5.83. The van der Waals surface area contributed by atoms with Crippen LogP contribution < -0.4 is 5.56 Å². The van der Waals surface area contributed by atoms with Gasteiger partial charge in [-0.3, -0.25) is 14.8 Å². The zero-order chi connectivity index (χ0) is 12.5. The van der Waals surface area contributed by atoms with Crippen LogP contribution in [-0.4, -0.2) is 20.2 Å². The molecule has 88 valence electrons. The number of nitrogens with zero attached hydrogens (tertiary/aromatic N) is 3. The van der Waals surface area contributed by atoms with Crippen LogP contribution in [0.15, 0.2) is 41.6 Å². The summed E-state index contributed by atoms with van der Waals surface area (Å²) in [6.07, 6.45) is 4.89. The number of aromatic amines is 1. The Morgan fingerprint density at radius 2 is 2.11 bits per heavy atom. The van der Waals surface area contributed by atoms with E-state index < -0.39 is 0 Å². The lowest BCUT2D eigenvalue weighted by atomic mass is 10.1. The van der Waals surface area contributed by atoms with E-state index >= 15 is 0 Å². The summed E-state index contributed by atoms with van der Waals surface area (Å²) in [6, 6.07) is 5.68. The molecule has 0 atom stereocenters. The van der Waals surface area contributed by atoms with Crippen molar-refractivity contribution in [1.29, 1.82) is 0 Å². The molecule has 0 saturated carbocycles. The van der Waals surface area contributed by atoms with E-state index in [4.69, 9.17) is 0 Å². The van der Waals surface area contributed by atoms with Crippen molar-refractivity contribution in [2.45, 2.75) is 6.92 Å². The largest absolute Gasteiger partial charge is 0.273 e. The van der Waals surface area contributed by atoms with E-state index in [-0.39, 0.29) is 5.56 Å². The zero-order valence-electron chi connectivity index (χ0n) is 9.71. The summed E-state index contributed by atoms with van der Waals surface area (Å²) in [6.45, 7) is 1.98. The Morgan fingerprint density at radius 3 is 2.94 bits per heavy atom. The first-order valence-corrected chi connectivity index (χ1v) is 5.51. The number of rotatable bonds is 1. The quantitative estimate of drug-likeness (QED) is 0.700. The summed E-state index contributed by atoms with van der Waals surface area (Å²) in [5.74, 6) is 0. The van der Waals surface area contributed by atoms with Gasteiger partial charge in [0.2, 0.25) is 0 Å².